The van der Waals surface area contributed by atoms with Crippen molar-refractivity contribution in [2.45, 2.75) is 24.0 Å². The molecule has 0 saturated carbocycles. The van der Waals surface area contributed by atoms with Gasteiger partial charge in [-0.3, -0.25) is 0 Å². The van der Waals surface area contributed by atoms with Crippen molar-refractivity contribution in [2.24, 2.45) is 10.9 Å². The van der Waals surface area contributed by atoms with Crippen molar-refractivity contribution < 1.29 is 17.9 Å². The Morgan fingerprint density at radius 2 is 2.11 bits per heavy atom. The third-order valence-corrected chi connectivity index (χ3v) is 3.33. The van der Waals surface area contributed by atoms with E-state index in [4.69, 9.17) is 16.0 Å². The van der Waals surface area contributed by atoms with E-state index < -0.39 is 28.0 Å². The maximum Gasteiger partial charge on any atom is 0.238 e. The number of aliphatic hydroxyl groups is 1. The molecular weight excluding hydrogens is 261 g/mol. The van der Waals surface area contributed by atoms with Gasteiger partial charge in [-0.1, -0.05) is 0 Å². The fourth-order valence-electron chi connectivity index (χ4n) is 1.21. The Morgan fingerprint density at radius 3 is 2.56 bits per heavy atom. The van der Waals surface area contributed by atoms with Crippen LogP contribution in [0.3, 0.4) is 0 Å². The van der Waals surface area contributed by atoms with E-state index in [1.807, 2.05) is 0 Å². The van der Waals surface area contributed by atoms with E-state index in [1.54, 1.807) is 0 Å². The Bertz CT molecular complexity index is 519. The molecule has 102 valence electrons. The Balaban J connectivity index is 2.81. The number of sulfonamides is 1. The average Bonchev–Trinajstić information content (AvgIpc) is 2.25. The molecule has 8 heteroatoms. The third kappa shape index (κ3) is 3.91. The van der Waals surface area contributed by atoms with Gasteiger partial charge >= 0.3 is 0 Å². The number of nitrogens with two attached hydrogens (primary N) is 2. The zero-order valence-corrected chi connectivity index (χ0v) is 10.6. The van der Waals surface area contributed by atoms with E-state index in [0.717, 1.165) is 6.07 Å². The number of anilines is 1. The van der Waals surface area contributed by atoms with Gasteiger partial charge in [-0.15, -0.1) is 0 Å². The van der Waals surface area contributed by atoms with Gasteiger partial charge in [0.1, 0.15) is 5.82 Å². The van der Waals surface area contributed by atoms with Crippen LogP contribution in [0.4, 0.5) is 10.1 Å². The van der Waals surface area contributed by atoms with Gasteiger partial charge in [0.2, 0.25) is 10.0 Å². The molecule has 0 aliphatic heterocycles. The molecule has 2 unspecified atom stereocenters. The number of hydrogen-bond donors (Lipinski definition) is 4. The van der Waals surface area contributed by atoms with Crippen LogP contribution in [0.15, 0.2) is 23.1 Å². The summed E-state index contributed by atoms with van der Waals surface area (Å²) in [6.07, 6.45) is -0.732. The van der Waals surface area contributed by atoms with Gasteiger partial charge in [0.15, 0.2) is 0 Å². The first-order chi connectivity index (χ1) is 8.21. The summed E-state index contributed by atoms with van der Waals surface area (Å²) in [6.45, 7) is 1.68. The van der Waals surface area contributed by atoms with Crippen LogP contribution in [0.1, 0.15) is 6.92 Å². The van der Waals surface area contributed by atoms with E-state index in [9.17, 15) is 12.8 Å². The lowest BCUT2D eigenvalue weighted by Crippen LogP contribution is -2.38. The van der Waals surface area contributed by atoms with E-state index in [2.05, 4.69) is 5.32 Å². The largest absolute Gasteiger partial charge is 0.392 e. The minimum atomic E-state index is -3.92. The Labute approximate surface area is 105 Å². The molecule has 0 radical (unpaired) electrons. The number of rotatable bonds is 5. The summed E-state index contributed by atoms with van der Waals surface area (Å²) in [4.78, 5) is -0.301. The summed E-state index contributed by atoms with van der Waals surface area (Å²) in [6, 6.07) is 2.71. The van der Waals surface area contributed by atoms with Gasteiger partial charge < -0.3 is 16.2 Å². The van der Waals surface area contributed by atoms with Crippen LogP contribution in [0.2, 0.25) is 0 Å². The van der Waals surface area contributed by atoms with Crippen LogP contribution in [-0.2, 0) is 10.0 Å². The van der Waals surface area contributed by atoms with Crippen LogP contribution < -0.4 is 16.2 Å². The molecule has 6 nitrogen and oxygen atoms in total. The molecule has 0 saturated heterocycles. The molecule has 1 rings (SSSR count). The maximum absolute atomic E-state index is 13.5. The van der Waals surface area contributed by atoms with Crippen molar-refractivity contribution in [3.63, 3.8) is 0 Å². The third-order valence-electron chi connectivity index (χ3n) is 2.42. The second-order valence-electron chi connectivity index (χ2n) is 3.97. The number of halogens is 1. The predicted molar refractivity (Wildman–Crippen MR) is 65.9 cm³/mol. The summed E-state index contributed by atoms with van der Waals surface area (Å²) >= 11 is 0. The van der Waals surface area contributed by atoms with Crippen LogP contribution >= 0.6 is 0 Å². The van der Waals surface area contributed by atoms with Gasteiger partial charge in [-0.25, -0.2) is 17.9 Å². The number of primary sulfonamides is 1. The van der Waals surface area contributed by atoms with Gasteiger partial charge in [0.25, 0.3) is 0 Å². The van der Waals surface area contributed by atoms with Gasteiger partial charge in [-0.05, 0) is 25.1 Å². The average molecular weight is 277 g/mol. The number of aliphatic hydroxyl groups excluding tert-OH is 1. The molecule has 1 aromatic carbocycles. The molecule has 18 heavy (non-hydrogen) atoms. The first-order valence-corrected chi connectivity index (χ1v) is 6.76. The lowest BCUT2D eigenvalue weighted by Gasteiger charge is -2.16. The standard InChI is InChI=1S/C10H16FN3O3S/c1-6(15)9(12)5-14-10-3-2-7(4-8(10)11)18(13,16)17/h2-4,6,9,14-15H,5,12H2,1H3,(H2,13,16,17). The van der Waals surface area contributed by atoms with Crippen molar-refractivity contribution >= 4 is 15.7 Å². The van der Waals surface area contributed by atoms with E-state index in [1.165, 1.54) is 19.1 Å². The fraction of sp³-hybridized carbons (Fsp3) is 0.400. The van der Waals surface area contributed by atoms with E-state index in [-0.39, 0.29) is 17.1 Å². The van der Waals surface area contributed by atoms with Crippen LogP contribution in [0.25, 0.3) is 0 Å². The molecule has 0 amide bonds. The second-order valence-corrected chi connectivity index (χ2v) is 5.53. The van der Waals surface area contributed by atoms with Crippen molar-refractivity contribution in [3.8, 4) is 0 Å². The number of benzene rings is 1. The minimum Gasteiger partial charge on any atom is -0.392 e. The molecular formula is C10H16FN3O3S. The molecule has 0 aliphatic rings. The Kier molecular flexibility index (Phi) is 4.63. The molecule has 0 aliphatic carbocycles. The minimum absolute atomic E-state index is 0.0958. The summed E-state index contributed by atoms with van der Waals surface area (Å²) in [5, 5.41) is 16.7. The lowest BCUT2D eigenvalue weighted by atomic mass is 10.2. The van der Waals surface area contributed by atoms with E-state index >= 15 is 0 Å². The summed E-state index contributed by atoms with van der Waals surface area (Å²) in [5.41, 5.74) is 5.66. The molecule has 0 fully saturated rings. The van der Waals surface area contributed by atoms with Crippen molar-refractivity contribution in [2.75, 3.05) is 11.9 Å². The Hall–Kier alpha value is -1.22. The van der Waals surface area contributed by atoms with Crippen molar-refractivity contribution in [3.05, 3.63) is 24.0 Å². The SMILES string of the molecule is CC(O)C(N)CNc1ccc(S(N)(=O)=O)cc1F. The molecule has 2 atom stereocenters. The summed E-state index contributed by atoms with van der Waals surface area (Å²) in [7, 11) is -3.92. The zero-order valence-electron chi connectivity index (χ0n) is 9.80. The van der Waals surface area contributed by atoms with Gasteiger partial charge in [-0.2, -0.15) is 0 Å². The molecule has 6 N–H and O–H groups in total. The van der Waals surface area contributed by atoms with E-state index in [0.29, 0.717) is 0 Å². The van der Waals surface area contributed by atoms with Gasteiger partial charge in [0, 0.05) is 12.6 Å². The number of hydrogen-bond acceptors (Lipinski definition) is 5. The normalized spacial score (nSPS) is 15.2. The maximum atomic E-state index is 13.5. The zero-order chi connectivity index (χ0) is 13.9. The predicted octanol–water partition coefficient (Wildman–Crippen LogP) is -0.407. The van der Waals surface area contributed by atoms with Crippen molar-refractivity contribution in [1.82, 2.24) is 0 Å². The lowest BCUT2D eigenvalue weighted by molar-refractivity contribution is 0.168. The highest BCUT2D eigenvalue weighted by Crippen LogP contribution is 2.18. The van der Waals surface area contributed by atoms with Crippen LogP contribution in [0, 0.1) is 5.82 Å². The molecule has 1 aromatic rings. The van der Waals surface area contributed by atoms with Crippen LogP contribution in [0.5, 0.6) is 0 Å². The topological polar surface area (TPSA) is 118 Å². The molecule has 0 aromatic heterocycles. The highest BCUT2D eigenvalue weighted by molar-refractivity contribution is 7.89. The fourth-order valence-corrected chi connectivity index (χ4v) is 1.74. The Morgan fingerprint density at radius 1 is 1.50 bits per heavy atom. The van der Waals surface area contributed by atoms with Crippen LogP contribution in [-0.4, -0.2) is 32.2 Å². The smallest absolute Gasteiger partial charge is 0.238 e. The first kappa shape index (κ1) is 14.8. The molecule has 0 heterocycles. The molecule has 0 spiro atoms. The highest BCUT2D eigenvalue weighted by Gasteiger charge is 2.13. The summed E-state index contributed by atoms with van der Waals surface area (Å²) in [5.74, 6) is -0.751. The molecule has 0 bridgehead atoms. The summed E-state index contributed by atoms with van der Waals surface area (Å²) < 4.78 is 35.5. The second kappa shape index (κ2) is 5.61. The number of nitrogens with one attached hydrogen (secondary N) is 1. The highest BCUT2D eigenvalue weighted by atomic mass is 32.2. The van der Waals surface area contributed by atoms with Crippen molar-refractivity contribution in [1.29, 1.82) is 0 Å². The first-order valence-electron chi connectivity index (χ1n) is 5.21. The quantitative estimate of drug-likeness (QED) is 0.583. The van der Waals surface area contributed by atoms with Gasteiger partial charge in [0.05, 0.1) is 16.7 Å². The monoisotopic (exact) mass is 277 g/mol.